The summed E-state index contributed by atoms with van der Waals surface area (Å²) in [5.41, 5.74) is 8.18. The van der Waals surface area contributed by atoms with Gasteiger partial charge < -0.3 is 18.9 Å². The molecule has 0 aliphatic carbocycles. The second-order valence-electron chi connectivity index (χ2n) is 13.3. The van der Waals surface area contributed by atoms with Crippen LogP contribution in [0.4, 0.5) is 0 Å². The van der Waals surface area contributed by atoms with E-state index in [1.165, 1.54) is 0 Å². The first-order valence-electron chi connectivity index (χ1n) is 19.1. The predicted octanol–water partition coefficient (Wildman–Crippen LogP) is 11.5. The van der Waals surface area contributed by atoms with Crippen molar-refractivity contribution in [2.24, 2.45) is 0 Å². The van der Waals surface area contributed by atoms with Gasteiger partial charge in [-0.25, -0.2) is 4.79 Å². The third kappa shape index (κ3) is 11.6. The molecule has 6 aromatic carbocycles. The van der Waals surface area contributed by atoms with Crippen molar-refractivity contribution in [2.75, 3.05) is 26.4 Å². The fourth-order valence-corrected chi connectivity index (χ4v) is 6.08. The molecule has 0 N–H and O–H groups in total. The van der Waals surface area contributed by atoms with Gasteiger partial charge in [-0.05, 0) is 145 Å². The maximum atomic E-state index is 12.6. The molecule has 0 amide bonds. The van der Waals surface area contributed by atoms with E-state index in [1.54, 1.807) is 12.1 Å². The standard InChI is InChI=1S/C49H44N2O5/c50-35-37-7-11-39(12-8-37)42-19-25-46(26-20-42)53-31-3-1-4-32-54-48-29-23-44(24-30-48)41-15-17-45(18-16-41)49(52)56-34-6-2-5-33-55-47-27-21-43(22-28-47)40-13-9-38(36-51)10-14-40/h7-30H,1-6,31-34H2. The molecule has 0 unspecified atom stereocenters. The summed E-state index contributed by atoms with van der Waals surface area (Å²) in [6.45, 7) is 2.25. The van der Waals surface area contributed by atoms with Gasteiger partial charge >= 0.3 is 5.97 Å². The second-order valence-corrected chi connectivity index (χ2v) is 13.3. The van der Waals surface area contributed by atoms with E-state index in [1.807, 2.05) is 133 Å². The van der Waals surface area contributed by atoms with Gasteiger partial charge in [-0.15, -0.1) is 0 Å². The van der Waals surface area contributed by atoms with Crippen LogP contribution in [-0.2, 0) is 4.74 Å². The highest BCUT2D eigenvalue weighted by molar-refractivity contribution is 5.90. The zero-order valence-corrected chi connectivity index (χ0v) is 31.4. The fraction of sp³-hybridized carbons (Fsp3) is 0.204. The fourth-order valence-electron chi connectivity index (χ4n) is 6.08. The summed E-state index contributed by atoms with van der Waals surface area (Å²) in [6, 6.07) is 50.8. The largest absolute Gasteiger partial charge is 0.494 e. The van der Waals surface area contributed by atoms with E-state index in [9.17, 15) is 4.79 Å². The molecule has 0 aliphatic heterocycles. The maximum Gasteiger partial charge on any atom is 0.338 e. The van der Waals surface area contributed by atoms with Crippen LogP contribution >= 0.6 is 0 Å². The van der Waals surface area contributed by atoms with Crippen molar-refractivity contribution in [1.82, 2.24) is 0 Å². The van der Waals surface area contributed by atoms with Crippen LogP contribution in [0.1, 0.15) is 60.0 Å². The number of benzene rings is 6. The number of nitrogens with zero attached hydrogens (tertiary/aromatic N) is 2. The summed E-state index contributed by atoms with van der Waals surface area (Å²) >= 11 is 0. The highest BCUT2D eigenvalue weighted by Crippen LogP contribution is 2.26. The number of hydrogen-bond donors (Lipinski definition) is 0. The molecule has 0 heterocycles. The summed E-state index contributed by atoms with van der Waals surface area (Å²) in [5.74, 6) is 2.17. The van der Waals surface area contributed by atoms with Gasteiger partial charge in [-0.2, -0.15) is 10.5 Å². The number of rotatable bonds is 19. The van der Waals surface area contributed by atoms with Crippen LogP contribution in [0.25, 0.3) is 33.4 Å². The molecule has 0 aromatic heterocycles. The Balaban J connectivity index is 0.805. The van der Waals surface area contributed by atoms with Crippen LogP contribution in [0.2, 0.25) is 0 Å². The molecule has 0 saturated heterocycles. The summed E-state index contributed by atoms with van der Waals surface area (Å²) in [4.78, 5) is 12.6. The monoisotopic (exact) mass is 740 g/mol. The van der Waals surface area contributed by atoms with E-state index >= 15 is 0 Å². The van der Waals surface area contributed by atoms with Crippen LogP contribution in [-0.4, -0.2) is 32.4 Å². The Kier molecular flexibility index (Phi) is 14.3. The lowest BCUT2D eigenvalue weighted by molar-refractivity contribution is 0.0497. The zero-order chi connectivity index (χ0) is 38.8. The van der Waals surface area contributed by atoms with Gasteiger partial charge in [0.05, 0.1) is 55.3 Å². The zero-order valence-electron chi connectivity index (χ0n) is 31.4. The minimum Gasteiger partial charge on any atom is -0.494 e. The predicted molar refractivity (Wildman–Crippen MR) is 220 cm³/mol. The average molecular weight is 741 g/mol. The van der Waals surface area contributed by atoms with Crippen LogP contribution < -0.4 is 14.2 Å². The number of ether oxygens (including phenoxy) is 4. The average Bonchev–Trinajstić information content (AvgIpc) is 3.26. The number of nitriles is 2. The molecule has 7 nitrogen and oxygen atoms in total. The molecular weight excluding hydrogens is 697 g/mol. The van der Waals surface area contributed by atoms with Gasteiger partial charge in [0.15, 0.2) is 0 Å². The first-order chi connectivity index (χ1) is 27.6. The Morgan fingerprint density at radius 1 is 0.375 bits per heavy atom. The highest BCUT2D eigenvalue weighted by atomic mass is 16.5. The number of carbonyl (C=O) groups is 1. The Morgan fingerprint density at radius 3 is 0.982 bits per heavy atom. The molecule has 6 aromatic rings. The van der Waals surface area contributed by atoms with E-state index in [-0.39, 0.29) is 5.97 Å². The first kappa shape index (κ1) is 38.9. The van der Waals surface area contributed by atoms with Crippen molar-refractivity contribution in [3.8, 4) is 62.8 Å². The number of carbonyl (C=O) groups excluding carboxylic acids is 1. The second kappa shape index (κ2) is 20.6. The molecule has 0 spiro atoms. The van der Waals surface area contributed by atoms with Crippen LogP contribution in [0.5, 0.6) is 17.2 Å². The Labute approximate surface area is 329 Å². The SMILES string of the molecule is N#Cc1ccc(-c2ccc(OCCCCCOC(=O)c3ccc(-c4ccc(OCCCCCOc5ccc(-c6ccc(C#N)cc6)cc5)cc4)cc3)cc2)cc1. The van der Waals surface area contributed by atoms with Crippen molar-refractivity contribution in [2.45, 2.75) is 38.5 Å². The van der Waals surface area contributed by atoms with Gasteiger partial charge in [-0.1, -0.05) is 72.8 Å². The van der Waals surface area contributed by atoms with Crippen molar-refractivity contribution in [3.63, 3.8) is 0 Å². The summed E-state index contributed by atoms with van der Waals surface area (Å²) in [5, 5.41) is 18.0. The lowest BCUT2D eigenvalue weighted by Gasteiger charge is -2.09. The topological polar surface area (TPSA) is 102 Å². The van der Waals surface area contributed by atoms with Crippen LogP contribution in [0.15, 0.2) is 146 Å². The number of hydrogen-bond acceptors (Lipinski definition) is 7. The van der Waals surface area contributed by atoms with E-state index in [4.69, 9.17) is 29.5 Å². The van der Waals surface area contributed by atoms with Gasteiger partial charge in [0.2, 0.25) is 0 Å². The third-order valence-corrected chi connectivity index (χ3v) is 9.33. The summed E-state index contributed by atoms with van der Waals surface area (Å²) in [7, 11) is 0. The van der Waals surface area contributed by atoms with Gasteiger partial charge in [0.25, 0.3) is 0 Å². The molecule has 0 saturated carbocycles. The number of esters is 1. The van der Waals surface area contributed by atoms with Crippen molar-refractivity contribution >= 4 is 5.97 Å². The normalized spacial score (nSPS) is 10.5. The molecular formula is C49H44N2O5. The lowest BCUT2D eigenvalue weighted by atomic mass is 10.0. The smallest absolute Gasteiger partial charge is 0.338 e. The lowest BCUT2D eigenvalue weighted by Crippen LogP contribution is -2.07. The van der Waals surface area contributed by atoms with Gasteiger partial charge in [0.1, 0.15) is 17.2 Å². The molecule has 280 valence electrons. The summed E-state index contributed by atoms with van der Waals surface area (Å²) < 4.78 is 23.3. The van der Waals surface area contributed by atoms with Gasteiger partial charge in [0, 0.05) is 0 Å². The Hall–Kier alpha value is -6.83. The molecule has 0 aliphatic rings. The van der Waals surface area contributed by atoms with Crippen molar-refractivity contribution < 1.29 is 23.7 Å². The van der Waals surface area contributed by atoms with Crippen molar-refractivity contribution in [3.05, 3.63) is 162 Å². The van der Waals surface area contributed by atoms with Gasteiger partial charge in [-0.3, -0.25) is 0 Å². The van der Waals surface area contributed by atoms with E-state index in [2.05, 4.69) is 12.1 Å². The van der Waals surface area contributed by atoms with Crippen LogP contribution in [0.3, 0.4) is 0 Å². The maximum absolute atomic E-state index is 12.6. The Morgan fingerprint density at radius 2 is 0.661 bits per heavy atom. The quantitative estimate of drug-likeness (QED) is 0.0602. The van der Waals surface area contributed by atoms with Crippen molar-refractivity contribution in [1.29, 1.82) is 10.5 Å². The molecule has 56 heavy (non-hydrogen) atoms. The highest BCUT2D eigenvalue weighted by Gasteiger charge is 2.08. The van der Waals surface area contributed by atoms with E-state index in [0.717, 1.165) is 89.2 Å². The molecule has 0 bridgehead atoms. The molecule has 0 atom stereocenters. The minimum atomic E-state index is -0.319. The first-order valence-corrected chi connectivity index (χ1v) is 19.1. The minimum absolute atomic E-state index is 0.319. The number of unbranched alkanes of at least 4 members (excludes halogenated alkanes) is 4. The Bertz CT molecular complexity index is 2200. The van der Waals surface area contributed by atoms with E-state index < -0.39 is 0 Å². The van der Waals surface area contributed by atoms with Crippen LogP contribution in [0, 0.1) is 22.7 Å². The molecule has 0 fully saturated rings. The molecule has 6 rings (SSSR count). The molecule has 7 heteroatoms. The molecule has 0 radical (unpaired) electrons. The van der Waals surface area contributed by atoms with E-state index in [0.29, 0.717) is 43.1 Å². The summed E-state index contributed by atoms with van der Waals surface area (Å²) in [6.07, 6.45) is 5.41. The third-order valence-electron chi connectivity index (χ3n) is 9.33.